The molecular formula is C26H32Cl2HfSi-2. The molecule has 0 aliphatic carbocycles. The van der Waals surface area contributed by atoms with Crippen LogP contribution in [0.3, 0.4) is 0 Å². The number of hydrogen-bond acceptors (Lipinski definition) is 0. The molecule has 4 rings (SSSR count). The normalized spacial score (nSPS) is 10.6. The molecule has 4 heteroatoms. The molecule has 0 aliphatic rings. The first-order chi connectivity index (χ1) is 14.2. The van der Waals surface area contributed by atoms with Crippen LogP contribution in [0.5, 0.6) is 0 Å². The van der Waals surface area contributed by atoms with Crippen LogP contribution < -0.4 is 0 Å². The van der Waals surface area contributed by atoms with Crippen LogP contribution in [0.25, 0.3) is 21.5 Å². The minimum absolute atomic E-state index is 0.208. The van der Waals surface area contributed by atoms with Gasteiger partial charge in [0, 0.05) is 0 Å². The molecule has 4 aromatic rings. The summed E-state index contributed by atoms with van der Waals surface area (Å²) in [6.07, 6.45) is 0. The number of fused-ring (bicyclic) bond motifs is 2. The Morgan fingerprint density at radius 3 is 1.30 bits per heavy atom. The zero-order valence-electron chi connectivity index (χ0n) is 18.8. The Kier molecular flexibility index (Phi) is 10.6. The summed E-state index contributed by atoms with van der Waals surface area (Å²) in [5, 5.41) is 5.45. The molecular weight excluding hydrogens is 590 g/mol. The van der Waals surface area contributed by atoms with Gasteiger partial charge < -0.3 is 0 Å². The van der Waals surface area contributed by atoms with Gasteiger partial charge in [0.05, 0.1) is 0 Å². The molecule has 0 spiro atoms. The molecule has 30 heavy (non-hydrogen) atoms. The van der Waals surface area contributed by atoms with Crippen LogP contribution in [0.2, 0.25) is 13.1 Å². The van der Waals surface area contributed by atoms with E-state index < -0.39 is 17.7 Å². The fraction of sp³-hybridized carbons (Fsp3) is 0.308. The first-order valence-corrected chi connectivity index (χ1v) is 27.3. The maximum absolute atomic E-state index is 5.64. The van der Waals surface area contributed by atoms with Gasteiger partial charge in [-0.1, -0.05) is 39.8 Å². The third-order valence-corrected chi connectivity index (χ3v) is 32.5. The van der Waals surface area contributed by atoms with E-state index in [1.807, 2.05) is 0 Å². The molecule has 0 fully saturated rings. The molecule has 0 bridgehead atoms. The SMILES string of the molecule is CC(C)c1cc2ccccc2[cH-]1.CC(C)c1cc2ccccc2[cH-]1.C[Si](C)=[Hf]([Cl])[Cl]. The molecule has 160 valence electrons. The Morgan fingerprint density at radius 2 is 1.03 bits per heavy atom. The number of rotatable bonds is 2. The average Bonchev–Trinajstić information content (AvgIpc) is 3.33. The second-order valence-electron chi connectivity index (χ2n) is 8.40. The Balaban J connectivity index is 0.000000171. The van der Waals surface area contributed by atoms with Gasteiger partial charge in [0.25, 0.3) is 0 Å². The first-order valence-electron chi connectivity index (χ1n) is 10.5. The van der Waals surface area contributed by atoms with Crippen molar-refractivity contribution in [2.75, 3.05) is 0 Å². The Labute approximate surface area is 197 Å². The van der Waals surface area contributed by atoms with Gasteiger partial charge in [0.15, 0.2) is 0 Å². The van der Waals surface area contributed by atoms with E-state index in [0.29, 0.717) is 11.8 Å². The summed E-state index contributed by atoms with van der Waals surface area (Å²) in [6, 6.07) is 26.1. The quantitative estimate of drug-likeness (QED) is 0.154. The van der Waals surface area contributed by atoms with Crippen LogP contribution >= 0.6 is 17.2 Å². The van der Waals surface area contributed by atoms with Crippen LogP contribution in [-0.2, 0) is 17.7 Å². The van der Waals surface area contributed by atoms with Gasteiger partial charge in [0.2, 0.25) is 0 Å². The Morgan fingerprint density at radius 1 is 0.700 bits per heavy atom. The van der Waals surface area contributed by atoms with Crippen molar-refractivity contribution in [1.82, 2.24) is 0 Å². The van der Waals surface area contributed by atoms with Crippen LogP contribution in [0, 0.1) is 0 Å². The Bertz CT molecular complexity index is 940. The van der Waals surface area contributed by atoms with E-state index in [0.717, 1.165) is 0 Å². The summed E-state index contributed by atoms with van der Waals surface area (Å²) in [4.78, 5) is 0. The summed E-state index contributed by atoms with van der Waals surface area (Å²) in [5.41, 5.74) is 2.67. The fourth-order valence-electron chi connectivity index (χ4n) is 3.02. The van der Waals surface area contributed by atoms with Crippen LogP contribution in [-0.4, -0.2) is 5.49 Å². The second-order valence-corrected chi connectivity index (χ2v) is 40.1. The van der Waals surface area contributed by atoms with Crippen molar-refractivity contribution in [2.45, 2.75) is 52.6 Å². The molecule has 0 atom stereocenters. The summed E-state index contributed by atoms with van der Waals surface area (Å²) in [5.74, 6) is 1.27. The van der Waals surface area contributed by atoms with Gasteiger partial charge in [-0.05, 0) is 11.8 Å². The fourth-order valence-corrected chi connectivity index (χ4v) is 3.02. The van der Waals surface area contributed by atoms with Crippen LogP contribution in [0.4, 0.5) is 0 Å². The van der Waals surface area contributed by atoms with Crippen molar-refractivity contribution in [2.24, 2.45) is 0 Å². The van der Waals surface area contributed by atoms with Crippen molar-refractivity contribution in [1.29, 1.82) is 0 Å². The third-order valence-electron chi connectivity index (χ3n) is 4.99. The predicted molar refractivity (Wildman–Crippen MR) is 136 cm³/mol. The van der Waals surface area contributed by atoms with E-state index in [1.165, 1.54) is 32.7 Å². The molecule has 0 radical (unpaired) electrons. The third kappa shape index (κ3) is 7.78. The van der Waals surface area contributed by atoms with Gasteiger partial charge in [0.1, 0.15) is 0 Å². The van der Waals surface area contributed by atoms with E-state index in [1.54, 1.807) is 0 Å². The molecule has 0 saturated heterocycles. The molecule has 0 unspecified atom stereocenters. The standard InChI is InChI=1S/2C12H13.C2H6Si.2ClH.Hf/c2*1-9(2)12-7-10-5-3-4-6-11(10)8-12;1-3-2;;;/h2*3-9H,1-2H3;1-2H3;2*1H;/q2*-1;;;;+2/p-2. The molecule has 0 amide bonds. The van der Waals surface area contributed by atoms with E-state index in [4.69, 9.17) is 17.2 Å². The van der Waals surface area contributed by atoms with Crippen molar-refractivity contribution in [3.63, 3.8) is 0 Å². The monoisotopic (exact) mass is 622 g/mol. The maximum atomic E-state index is 5.64. The van der Waals surface area contributed by atoms with Crippen molar-refractivity contribution in [3.8, 4) is 0 Å². The second kappa shape index (κ2) is 12.4. The number of halogens is 2. The van der Waals surface area contributed by atoms with Gasteiger partial charge in [-0.25, -0.2) is 0 Å². The van der Waals surface area contributed by atoms with E-state index in [2.05, 4.69) is 114 Å². The van der Waals surface area contributed by atoms with E-state index in [-0.39, 0.29) is 5.49 Å². The summed E-state index contributed by atoms with van der Waals surface area (Å²) < 4.78 is 0. The molecule has 0 saturated carbocycles. The minimum atomic E-state index is -1.78. The van der Waals surface area contributed by atoms with Gasteiger partial charge >= 0.3 is 53.4 Å². The van der Waals surface area contributed by atoms with Crippen molar-refractivity contribution < 1.29 is 17.7 Å². The number of benzene rings is 2. The molecule has 0 aromatic heterocycles. The van der Waals surface area contributed by atoms with Gasteiger partial charge in [-0.2, -0.15) is 12.1 Å². The van der Waals surface area contributed by atoms with Crippen molar-refractivity contribution >= 4 is 44.2 Å². The summed E-state index contributed by atoms with van der Waals surface area (Å²) in [6.45, 7) is 13.3. The van der Waals surface area contributed by atoms with E-state index in [9.17, 15) is 0 Å². The topological polar surface area (TPSA) is 0 Å². The zero-order chi connectivity index (χ0) is 22.3. The molecule has 0 nitrogen and oxygen atoms in total. The summed E-state index contributed by atoms with van der Waals surface area (Å²) in [7, 11) is 11.3. The molecule has 0 heterocycles. The zero-order valence-corrected chi connectivity index (χ0v) is 24.9. The summed E-state index contributed by atoms with van der Waals surface area (Å²) >= 11 is -1.78. The Hall–Kier alpha value is -0.673. The average molecular weight is 622 g/mol. The molecule has 4 aromatic carbocycles. The molecule has 0 N–H and O–H groups in total. The predicted octanol–water partition coefficient (Wildman–Crippen LogP) is 9.53. The first kappa shape index (κ1) is 25.6. The van der Waals surface area contributed by atoms with E-state index >= 15 is 0 Å². The van der Waals surface area contributed by atoms with Gasteiger partial charge in [-0.15, -0.1) is 81.2 Å². The molecule has 0 aliphatic heterocycles. The van der Waals surface area contributed by atoms with Gasteiger partial charge in [-0.3, -0.25) is 0 Å². The number of hydrogen-bond donors (Lipinski definition) is 0. The van der Waals surface area contributed by atoms with Crippen molar-refractivity contribution in [3.05, 3.63) is 83.9 Å². The van der Waals surface area contributed by atoms with Crippen LogP contribution in [0.15, 0.2) is 72.8 Å². The van der Waals surface area contributed by atoms with Crippen LogP contribution in [0.1, 0.15) is 50.7 Å².